The van der Waals surface area contributed by atoms with Gasteiger partial charge in [-0.25, -0.2) is 9.97 Å². The third-order valence-electron chi connectivity index (χ3n) is 2.24. The maximum absolute atomic E-state index is 3.95. The number of nitrogens with one attached hydrogen (secondary N) is 1. The molecule has 2 heterocycles. The highest BCUT2D eigenvalue weighted by Gasteiger charge is 2.09. The minimum Gasteiger partial charge on any atom is -0.316 e. The number of nitrogens with zero attached hydrogens (tertiary/aromatic N) is 2. The third-order valence-corrected chi connectivity index (χ3v) is 2.24. The molecule has 1 aliphatic heterocycles. The number of rotatable bonds is 2. The summed E-state index contributed by atoms with van der Waals surface area (Å²) >= 11 is 0. The molecule has 0 radical (unpaired) electrons. The van der Waals surface area contributed by atoms with E-state index < -0.39 is 0 Å². The second-order valence-electron chi connectivity index (χ2n) is 3.28. The van der Waals surface area contributed by atoms with Crippen molar-refractivity contribution in [1.29, 1.82) is 0 Å². The molecular weight excluding hydrogens is 162 g/mol. The van der Waals surface area contributed by atoms with E-state index in [4.69, 9.17) is 0 Å². The molecule has 1 aromatic rings. The van der Waals surface area contributed by atoms with Crippen molar-refractivity contribution in [3.8, 4) is 0 Å². The molecule has 1 fully saturated rings. The Morgan fingerprint density at radius 1 is 1.38 bits per heavy atom. The van der Waals surface area contributed by atoms with E-state index in [0.29, 0.717) is 5.92 Å². The van der Waals surface area contributed by atoms with Crippen LogP contribution in [0, 0.1) is 5.92 Å². The summed E-state index contributed by atoms with van der Waals surface area (Å²) in [6.45, 7) is 2.24. The Kier molecular flexibility index (Phi) is 2.67. The number of hydrogen-bond acceptors (Lipinski definition) is 3. The van der Waals surface area contributed by atoms with Gasteiger partial charge in [-0.05, 0) is 18.9 Å². The maximum atomic E-state index is 3.95. The zero-order valence-corrected chi connectivity index (χ0v) is 7.48. The molecule has 0 amide bonds. The van der Waals surface area contributed by atoms with Gasteiger partial charge in [0.2, 0.25) is 0 Å². The monoisotopic (exact) mass is 175 g/mol. The Labute approximate surface area is 77.9 Å². The summed E-state index contributed by atoms with van der Waals surface area (Å²) in [7, 11) is 0. The van der Waals surface area contributed by atoms with Gasteiger partial charge >= 0.3 is 0 Å². The Hall–Kier alpha value is -1.22. The fourth-order valence-corrected chi connectivity index (χ4v) is 1.49. The van der Waals surface area contributed by atoms with Gasteiger partial charge in [-0.1, -0.05) is 12.2 Å². The predicted octanol–water partition coefficient (Wildman–Crippen LogP) is 1.10. The van der Waals surface area contributed by atoms with Crippen molar-refractivity contribution < 1.29 is 0 Å². The van der Waals surface area contributed by atoms with Gasteiger partial charge in [-0.2, -0.15) is 0 Å². The van der Waals surface area contributed by atoms with Crippen LogP contribution in [-0.2, 0) is 0 Å². The van der Waals surface area contributed by atoms with Gasteiger partial charge in [0.25, 0.3) is 0 Å². The van der Waals surface area contributed by atoms with Crippen molar-refractivity contribution in [2.45, 2.75) is 6.42 Å². The van der Waals surface area contributed by atoms with E-state index in [0.717, 1.165) is 18.7 Å². The highest BCUT2D eigenvalue weighted by Crippen LogP contribution is 2.10. The standard InChI is InChI=1S/C10H13N3/c1(9-3-4-11-5-9)2-10-6-12-8-13-7-10/h1-2,6-9,11H,3-5H2/t9-/m1/s1. The topological polar surface area (TPSA) is 37.8 Å². The van der Waals surface area contributed by atoms with Gasteiger partial charge in [0.1, 0.15) is 6.33 Å². The molecule has 0 aliphatic carbocycles. The molecule has 0 saturated carbocycles. The van der Waals surface area contributed by atoms with Crippen LogP contribution >= 0.6 is 0 Å². The zero-order chi connectivity index (χ0) is 8.93. The van der Waals surface area contributed by atoms with Gasteiger partial charge in [0.05, 0.1) is 0 Å². The van der Waals surface area contributed by atoms with Crippen LogP contribution in [0.5, 0.6) is 0 Å². The molecule has 1 saturated heterocycles. The SMILES string of the molecule is C(=C[C@@H]1CCNC1)c1cncnc1. The molecule has 1 aromatic heterocycles. The first-order valence-electron chi connectivity index (χ1n) is 4.59. The van der Waals surface area contributed by atoms with Crippen LogP contribution < -0.4 is 5.32 Å². The van der Waals surface area contributed by atoms with Gasteiger partial charge < -0.3 is 5.32 Å². The highest BCUT2D eigenvalue weighted by molar-refractivity contribution is 5.46. The van der Waals surface area contributed by atoms with E-state index in [1.54, 1.807) is 6.33 Å². The predicted molar refractivity (Wildman–Crippen MR) is 52.0 cm³/mol. The van der Waals surface area contributed by atoms with Crippen LogP contribution in [0.4, 0.5) is 0 Å². The van der Waals surface area contributed by atoms with Crippen molar-refractivity contribution in [1.82, 2.24) is 15.3 Å². The maximum Gasteiger partial charge on any atom is 0.115 e. The lowest BCUT2D eigenvalue weighted by atomic mass is 10.1. The summed E-state index contributed by atoms with van der Waals surface area (Å²) in [4.78, 5) is 7.90. The summed E-state index contributed by atoms with van der Waals surface area (Å²) in [5, 5.41) is 3.33. The van der Waals surface area contributed by atoms with Crippen LogP contribution in [0.15, 0.2) is 24.8 Å². The molecule has 68 valence electrons. The normalized spacial score (nSPS) is 22.6. The molecule has 3 heteroatoms. The third kappa shape index (κ3) is 2.36. The molecule has 1 atom stereocenters. The first-order valence-corrected chi connectivity index (χ1v) is 4.59. The van der Waals surface area contributed by atoms with Gasteiger partial charge in [-0.3, -0.25) is 0 Å². The molecule has 2 rings (SSSR count). The first-order chi connectivity index (χ1) is 6.45. The van der Waals surface area contributed by atoms with Crippen LogP contribution in [0.1, 0.15) is 12.0 Å². The van der Waals surface area contributed by atoms with Gasteiger partial charge in [-0.15, -0.1) is 0 Å². The molecular formula is C10H13N3. The number of hydrogen-bond donors (Lipinski definition) is 1. The second-order valence-corrected chi connectivity index (χ2v) is 3.28. The minimum absolute atomic E-state index is 0.681. The molecule has 1 N–H and O–H groups in total. The van der Waals surface area contributed by atoms with Crippen LogP contribution in [0.25, 0.3) is 6.08 Å². The van der Waals surface area contributed by atoms with Gasteiger partial charge in [0, 0.05) is 24.5 Å². The van der Waals surface area contributed by atoms with Crippen LogP contribution in [0.3, 0.4) is 0 Å². The van der Waals surface area contributed by atoms with Crippen molar-refractivity contribution in [2.24, 2.45) is 5.92 Å². The fourth-order valence-electron chi connectivity index (χ4n) is 1.49. The van der Waals surface area contributed by atoms with E-state index in [9.17, 15) is 0 Å². The largest absolute Gasteiger partial charge is 0.316 e. The van der Waals surface area contributed by atoms with Crippen molar-refractivity contribution in [3.05, 3.63) is 30.4 Å². The summed E-state index contributed by atoms with van der Waals surface area (Å²) in [6, 6.07) is 0. The Balaban J connectivity index is 1.97. The van der Waals surface area contributed by atoms with E-state index in [1.165, 1.54) is 6.42 Å². The summed E-state index contributed by atoms with van der Waals surface area (Å²) < 4.78 is 0. The quantitative estimate of drug-likeness (QED) is 0.731. The summed E-state index contributed by atoms with van der Waals surface area (Å²) in [6.07, 6.45) is 10.8. The smallest absolute Gasteiger partial charge is 0.115 e. The van der Waals surface area contributed by atoms with Crippen molar-refractivity contribution in [2.75, 3.05) is 13.1 Å². The lowest BCUT2D eigenvalue weighted by molar-refractivity contribution is 0.731. The van der Waals surface area contributed by atoms with E-state index >= 15 is 0 Å². The van der Waals surface area contributed by atoms with Crippen LogP contribution in [0.2, 0.25) is 0 Å². The van der Waals surface area contributed by atoms with Crippen molar-refractivity contribution in [3.63, 3.8) is 0 Å². The van der Waals surface area contributed by atoms with Crippen molar-refractivity contribution >= 4 is 6.08 Å². The molecule has 1 aliphatic rings. The van der Waals surface area contributed by atoms with Gasteiger partial charge in [0.15, 0.2) is 0 Å². The van der Waals surface area contributed by atoms with Crippen LogP contribution in [-0.4, -0.2) is 23.1 Å². The molecule has 13 heavy (non-hydrogen) atoms. The fraction of sp³-hybridized carbons (Fsp3) is 0.400. The average molecular weight is 175 g/mol. The Bertz CT molecular complexity index is 275. The average Bonchev–Trinajstić information content (AvgIpc) is 2.69. The lowest BCUT2D eigenvalue weighted by Crippen LogP contribution is -2.07. The second kappa shape index (κ2) is 4.14. The minimum atomic E-state index is 0.681. The summed E-state index contributed by atoms with van der Waals surface area (Å²) in [5.41, 5.74) is 1.08. The number of aromatic nitrogens is 2. The molecule has 0 bridgehead atoms. The first kappa shape index (κ1) is 8.38. The van der Waals surface area contributed by atoms with E-state index in [1.807, 2.05) is 12.4 Å². The molecule has 0 spiro atoms. The van der Waals surface area contributed by atoms with E-state index in [-0.39, 0.29) is 0 Å². The molecule has 0 aromatic carbocycles. The molecule has 3 nitrogen and oxygen atoms in total. The summed E-state index contributed by atoms with van der Waals surface area (Å²) in [5.74, 6) is 0.681. The molecule has 0 unspecified atom stereocenters. The highest BCUT2D eigenvalue weighted by atomic mass is 14.9. The Morgan fingerprint density at radius 2 is 2.23 bits per heavy atom. The zero-order valence-electron chi connectivity index (χ0n) is 7.48. The van der Waals surface area contributed by atoms with E-state index in [2.05, 4.69) is 27.4 Å². The Morgan fingerprint density at radius 3 is 2.92 bits per heavy atom. The lowest BCUT2D eigenvalue weighted by Gasteiger charge is -1.98.